The van der Waals surface area contributed by atoms with Crippen molar-refractivity contribution in [2.24, 2.45) is 11.7 Å². The molecule has 4 nitrogen and oxygen atoms in total. The molecule has 1 fully saturated rings. The molecule has 17 heavy (non-hydrogen) atoms. The highest BCUT2D eigenvalue weighted by molar-refractivity contribution is 6.33. The lowest BCUT2D eigenvalue weighted by Crippen LogP contribution is -2.22. The maximum Gasteiger partial charge on any atom is 0.147 e. The second-order valence-corrected chi connectivity index (χ2v) is 4.75. The van der Waals surface area contributed by atoms with E-state index in [1.165, 1.54) is 0 Å². The first kappa shape index (κ1) is 12.6. The minimum absolute atomic E-state index is 0.448. The van der Waals surface area contributed by atoms with Crippen molar-refractivity contribution in [3.63, 3.8) is 0 Å². The predicted molar refractivity (Wildman–Crippen MR) is 69.3 cm³/mol. The Labute approximate surface area is 107 Å². The zero-order chi connectivity index (χ0) is 12.3. The summed E-state index contributed by atoms with van der Waals surface area (Å²) in [6, 6.07) is 1.87. The van der Waals surface area contributed by atoms with Gasteiger partial charge in [-0.2, -0.15) is 0 Å². The van der Waals surface area contributed by atoms with Crippen molar-refractivity contribution in [2.75, 3.05) is 31.7 Å². The van der Waals surface area contributed by atoms with Crippen molar-refractivity contribution < 1.29 is 4.74 Å². The van der Waals surface area contributed by atoms with Crippen LogP contribution in [-0.4, -0.2) is 31.8 Å². The molecule has 1 aliphatic heterocycles. The van der Waals surface area contributed by atoms with Gasteiger partial charge in [-0.05, 0) is 18.1 Å². The van der Waals surface area contributed by atoms with Gasteiger partial charge in [0, 0.05) is 38.9 Å². The molecule has 0 radical (unpaired) electrons. The molecule has 0 bridgehead atoms. The molecule has 0 aromatic carbocycles. The number of hydrogen-bond donors (Lipinski definition) is 1. The molecule has 1 aliphatic rings. The van der Waals surface area contributed by atoms with Gasteiger partial charge in [-0.25, -0.2) is 4.98 Å². The summed E-state index contributed by atoms with van der Waals surface area (Å²) in [7, 11) is 1.74. The number of aromatic nitrogens is 1. The summed E-state index contributed by atoms with van der Waals surface area (Å²) in [6.45, 7) is 3.18. The fourth-order valence-electron chi connectivity index (χ4n) is 2.25. The number of ether oxygens (including phenoxy) is 1. The summed E-state index contributed by atoms with van der Waals surface area (Å²) >= 11 is 6.30. The highest BCUT2D eigenvalue weighted by Crippen LogP contribution is 2.30. The van der Waals surface area contributed by atoms with E-state index in [9.17, 15) is 0 Å². The van der Waals surface area contributed by atoms with E-state index >= 15 is 0 Å². The van der Waals surface area contributed by atoms with E-state index < -0.39 is 0 Å². The number of rotatable bonds is 4. The zero-order valence-corrected chi connectivity index (χ0v) is 10.8. The Morgan fingerprint density at radius 1 is 1.65 bits per heavy atom. The number of methoxy groups -OCH3 is 1. The number of pyridine rings is 1. The van der Waals surface area contributed by atoms with Crippen LogP contribution < -0.4 is 10.6 Å². The highest BCUT2D eigenvalue weighted by atomic mass is 35.5. The molecule has 0 aliphatic carbocycles. The van der Waals surface area contributed by atoms with Crippen LogP contribution in [-0.2, 0) is 11.3 Å². The van der Waals surface area contributed by atoms with E-state index in [0.29, 0.717) is 17.5 Å². The molecule has 0 saturated carbocycles. The third-order valence-corrected chi connectivity index (χ3v) is 3.57. The zero-order valence-electron chi connectivity index (χ0n) is 10.0. The van der Waals surface area contributed by atoms with Crippen LogP contribution in [0.5, 0.6) is 0 Å². The van der Waals surface area contributed by atoms with Gasteiger partial charge in [0.1, 0.15) is 5.82 Å². The highest BCUT2D eigenvalue weighted by Gasteiger charge is 2.25. The first-order valence-electron chi connectivity index (χ1n) is 5.83. The van der Waals surface area contributed by atoms with Gasteiger partial charge in [0.05, 0.1) is 11.6 Å². The maximum absolute atomic E-state index is 6.30. The first-order chi connectivity index (χ1) is 8.26. The molecule has 1 atom stereocenters. The molecule has 2 rings (SSSR count). The van der Waals surface area contributed by atoms with E-state index in [4.69, 9.17) is 22.1 Å². The van der Waals surface area contributed by atoms with Crippen LogP contribution in [0.15, 0.2) is 12.3 Å². The Hall–Kier alpha value is -0.840. The summed E-state index contributed by atoms with van der Waals surface area (Å²) < 4.78 is 5.19. The van der Waals surface area contributed by atoms with Crippen molar-refractivity contribution in [3.05, 3.63) is 22.8 Å². The van der Waals surface area contributed by atoms with Crippen LogP contribution in [0.3, 0.4) is 0 Å². The number of halogens is 1. The minimum atomic E-state index is 0.448. The Kier molecular flexibility index (Phi) is 4.20. The van der Waals surface area contributed by atoms with E-state index in [0.717, 1.165) is 37.5 Å². The number of nitrogens with two attached hydrogens (primary N) is 1. The van der Waals surface area contributed by atoms with Crippen LogP contribution in [0.4, 0.5) is 5.82 Å². The molecule has 1 unspecified atom stereocenters. The Bertz CT molecular complexity index is 386. The SMILES string of the molecule is COCC1CCN(c2nccc(CN)c2Cl)C1. The monoisotopic (exact) mass is 255 g/mol. The fraction of sp³-hybridized carbons (Fsp3) is 0.583. The molecule has 2 heterocycles. The molecular weight excluding hydrogens is 238 g/mol. The Morgan fingerprint density at radius 3 is 3.18 bits per heavy atom. The summed E-state index contributed by atoms with van der Waals surface area (Å²) in [5.74, 6) is 1.42. The summed E-state index contributed by atoms with van der Waals surface area (Å²) in [5, 5.41) is 0.688. The van der Waals surface area contributed by atoms with Crippen LogP contribution >= 0.6 is 11.6 Å². The molecule has 94 valence electrons. The van der Waals surface area contributed by atoms with Crippen molar-refractivity contribution in [2.45, 2.75) is 13.0 Å². The second-order valence-electron chi connectivity index (χ2n) is 4.37. The molecule has 1 aromatic heterocycles. The number of hydrogen-bond acceptors (Lipinski definition) is 4. The average Bonchev–Trinajstić information content (AvgIpc) is 2.78. The van der Waals surface area contributed by atoms with E-state index in [2.05, 4.69) is 9.88 Å². The van der Waals surface area contributed by atoms with E-state index in [1.807, 2.05) is 6.07 Å². The molecule has 1 aromatic rings. The lowest BCUT2D eigenvalue weighted by Gasteiger charge is -2.19. The first-order valence-corrected chi connectivity index (χ1v) is 6.21. The Morgan fingerprint density at radius 2 is 2.47 bits per heavy atom. The molecular formula is C12H18ClN3O. The van der Waals surface area contributed by atoms with Gasteiger partial charge < -0.3 is 15.4 Å². The smallest absolute Gasteiger partial charge is 0.147 e. The lowest BCUT2D eigenvalue weighted by molar-refractivity contribution is 0.161. The standard InChI is InChI=1S/C12H18ClN3O/c1-17-8-9-3-5-16(7-9)12-11(13)10(6-14)2-4-15-12/h2,4,9H,3,5-8,14H2,1H3. The van der Waals surface area contributed by atoms with Gasteiger partial charge in [-0.1, -0.05) is 11.6 Å². The molecule has 1 saturated heterocycles. The largest absolute Gasteiger partial charge is 0.384 e. The van der Waals surface area contributed by atoms with Gasteiger partial charge in [-0.3, -0.25) is 0 Å². The van der Waals surface area contributed by atoms with Gasteiger partial charge in [0.15, 0.2) is 0 Å². The van der Waals surface area contributed by atoms with Crippen molar-refractivity contribution in [1.82, 2.24) is 4.98 Å². The second kappa shape index (κ2) is 5.67. The minimum Gasteiger partial charge on any atom is -0.384 e. The topological polar surface area (TPSA) is 51.4 Å². The molecule has 2 N–H and O–H groups in total. The van der Waals surface area contributed by atoms with Crippen LogP contribution in [0, 0.1) is 5.92 Å². The molecule has 5 heteroatoms. The quantitative estimate of drug-likeness (QED) is 0.889. The van der Waals surface area contributed by atoms with Gasteiger partial charge >= 0.3 is 0 Å². The maximum atomic E-state index is 6.30. The number of anilines is 1. The van der Waals surface area contributed by atoms with Crippen molar-refractivity contribution in [3.8, 4) is 0 Å². The lowest BCUT2D eigenvalue weighted by atomic mass is 10.1. The van der Waals surface area contributed by atoms with E-state index in [1.54, 1.807) is 13.3 Å². The third kappa shape index (κ3) is 2.70. The van der Waals surface area contributed by atoms with Gasteiger partial charge in [0.2, 0.25) is 0 Å². The average molecular weight is 256 g/mol. The summed E-state index contributed by atoms with van der Waals surface area (Å²) in [5.41, 5.74) is 6.59. The van der Waals surface area contributed by atoms with E-state index in [-0.39, 0.29) is 0 Å². The van der Waals surface area contributed by atoms with Crippen molar-refractivity contribution >= 4 is 17.4 Å². The fourth-order valence-corrected chi connectivity index (χ4v) is 2.55. The summed E-state index contributed by atoms with van der Waals surface area (Å²) in [6.07, 6.45) is 2.89. The normalized spacial score (nSPS) is 19.9. The van der Waals surface area contributed by atoms with Gasteiger partial charge in [0.25, 0.3) is 0 Å². The Balaban J connectivity index is 2.13. The van der Waals surface area contributed by atoms with Crippen LogP contribution in [0.2, 0.25) is 5.02 Å². The van der Waals surface area contributed by atoms with Crippen LogP contribution in [0.1, 0.15) is 12.0 Å². The third-order valence-electron chi connectivity index (χ3n) is 3.16. The predicted octanol–water partition coefficient (Wildman–Crippen LogP) is 1.67. The van der Waals surface area contributed by atoms with Gasteiger partial charge in [-0.15, -0.1) is 0 Å². The molecule has 0 spiro atoms. The molecule has 0 amide bonds. The number of nitrogens with zero attached hydrogens (tertiary/aromatic N) is 2. The van der Waals surface area contributed by atoms with Crippen LogP contribution in [0.25, 0.3) is 0 Å². The summed E-state index contributed by atoms with van der Waals surface area (Å²) in [4.78, 5) is 6.57. The van der Waals surface area contributed by atoms with Crippen molar-refractivity contribution in [1.29, 1.82) is 0 Å².